The number of hydrogen-bond acceptors (Lipinski definition) is 5. The third-order valence-electron chi connectivity index (χ3n) is 5.45. The summed E-state index contributed by atoms with van der Waals surface area (Å²) in [7, 11) is 0. The standard InChI is InChI=1S/C25H36FI2NO3S/c1-6-29(20-16-23(30)32-21-15-18(26)9-10-19(20)21)11-7-13-33-14-8-12-31-25(4,5)22(27)17-24(2,3)28/h9-10,15-16,22H,6-8,11-14,17H2,1-5H3. The zero-order valence-corrected chi connectivity index (χ0v) is 25.4. The molecule has 0 spiro atoms. The topological polar surface area (TPSA) is 42.7 Å². The third kappa shape index (κ3) is 9.83. The Bertz CT molecular complexity index is 945. The number of fused-ring (bicyclic) bond motifs is 1. The quantitative estimate of drug-likeness (QED) is 0.0885. The molecule has 1 unspecified atom stereocenters. The minimum absolute atomic E-state index is 0.122. The zero-order chi connectivity index (χ0) is 24.6. The number of benzene rings is 1. The Balaban J connectivity index is 1.74. The Morgan fingerprint density at radius 2 is 1.88 bits per heavy atom. The van der Waals surface area contributed by atoms with Crippen LogP contribution in [0.1, 0.15) is 53.9 Å². The van der Waals surface area contributed by atoms with Crippen LogP contribution in [0.4, 0.5) is 10.1 Å². The van der Waals surface area contributed by atoms with E-state index in [0.29, 0.717) is 9.51 Å². The number of anilines is 1. The van der Waals surface area contributed by atoms with Crippen molar-refractivity contribution < 1.29 is 13.5 Å². The van der Waals surface area contributed by atoms with Crippen molar-refractivity contribution in [1.29, 1.82) is 0 Å². The van der Waals surface area contributed by atoms with Gasteiger partial charge in [-0.2, -0.15) is 11.8 Å². The van der Waals surface area contributed by atoms with Crippen molar-refractivity contribution in [2.45, 2.75) is 66.8 Å². The highest BCUT2D eigenvalue weighted by Crippen LogP contribution is 2.34. The molecule has 1 aromatic heterocycles. The molecular weight excluding hydrogens is 667 g/mol. The molecular formula is C25H36FI2NO3S. The van der Waals surface area contributed by atoms with E-state index in [9.17, 15) is 9.18 Å². The van der Waals surface area contributed by atoms with Gasteiger partial charge in [-0.1, -0.05) is 59.0 Å². The third-order valence-corrected chi connectivity index (χ3v) is 8.99. The van der Waals surface area contributed by atoms with E-state index in [2.05, 4.69) is 84.7 Å². The summed E-state index contributed by atoms with van der Waals surface area (Å²) in [5, 5.41) is 0.768. The number of nitrogens with zero attached hydrogens (tertiary/aromatic N) is 1. The predicted octanol–water partition coefficient (Wildman–Crippen LogP) is 7.47. The lowest BCUT2D eigenvalue weighted by atomic mass is 9.97. The van der Waals surface area contributed by atoms with Crippen LogP contribution in [-0.4, -0.2) is 44.1 Å². The molecule has 0 aliphatic carbocycles. The minimum atomic E-state index is -0.449. The van der Waals surface area contributed by atoms with E-state index in [4.69, 9.17) is 9.15 Å². The van der Waals surface area contributed by atoms with E-state index >= 15 is 0 Å². The number of thioether (sulfide) groups is 1. The number of hydrogen-bond donors (Lipinski definition) is 0. The van der Waals surface area contributed by atoms with Crippen molar-refractivity contribution in [2.24, 2.45) is 0 Å². The van der Waals surface area contributed by atoms with Gasteiger partial charge in [-0.15, -0.1) is 0 Å². The summed E-state index contributed by atoms with van der Waals surface area (Å²) in [6, 6.07) is 5.87. The monoisotopic (exact) mass is 703 g/mol. The Hall–Kier alpha value is -0.0700. The van der Waals surface area contributed by atoms with Crippen LogP contribution in [-0.2, 0) is 4.74 Å². The second-order valence-electron chi connectivity index (χ2n) is 9.33. The molecule has 0 N–H and O–H groups in total. The van der Waals surface area contributed by atoms with E-state index in [-0.39, 0.29) is 9.02 Å². The van der Waals surface area contributed by atoms with Crippen molar-refractivity contribution in [3.63, 3.8) is 0 Å². The van der Waals surface area contributed by atoms with Crippen molar-refractivity contribution in [1.82, 2.24) is 0 Å². The summed E-state index contributed by atoms with van der Waals surface area (Å²) in [4.78, 5) is 14.1. The Kier molecular flexibility index (Phi) is 11.8. The first-order valence-electron chi connectivity index (χ1n) is 11.5. The first-order chi connectivity index (χ1) is 15.4. The molecule has 0 amide bonds. The Morgan fingerprint density at radius 3 is 2.55 bits per heavy atom. The molecule has 2 rings (SSSR count). The van der Waals surface area contributed by atoms with Gasteiger partial charge in [0.25, 0.3) is 0 Å². The van der Waals surface area contributed by atoms with Crippen LogP contribution in [0.2, 0.25) is 0 Å². The fraction of sp³-hybridized carbons (Fsp3) is 0.640. The Morgan fingerprint density at radius 1 is 1.18 bits per heavy atom. The first kappa shape index (κ1) is 29.2. The van der Waals surface area contributed by atoms with Gasteiger partial charge >= 0.3 is 5.63 Å². The van der Waals surface area contributed by atoms with Gasteiger partial charge in [0.1, 0.15) is 11.4 Å². The second-order valence-corrected chi connectivity index (χ2v) is 15.0. The van der Waals surface area contributed by atoms with Crippen LogP contribution in [0.15, 0.2) is 33.5 Å². The van der Waals surface area contributed by atoms with Crippen molar-refractivity contribution in [2.75, 3.05) is 36.1 Å². The van der Waals surface area contributed by atoms with Crippen LogP contribution < -0.4 is 10.5 Å². The van der Waals surface area contributed by atoms with Crippen LogP contribution in [0, 0.1) is 5.82 Å². The van der Waals surface area contributed by atoms with Crippen LogP contribution in [0.5, 0.6) is 0 Å². The number of halogens is 3. The van der Waals surface area contributed by atoms with E-state index in [1.165, 1.54) is 18.2 Å². The number of rotatable bonds is 14. The highest BCUT2D eigenvalue weighted by atomic mass is 127. The van der Waals surface area contributed by atoms with Crippen LogP contribution in [0.25, 0.3) is 11.0 Å². The molecule has 8 heteroatoms. The van der Waals surface area contributed by atoms with E-state index < -0.39 is 11.4 Å². The average molecular weight is 703 g/mol. The van der Waals surface area contributed by atoms with Gasteiger partial charge in [-0.25, -0.2) is 9.18 Å². The van der Waals surface area contributed by atoms with Crippen molar-refractivity contribution in [3.8, 4) is 0 Å². The first-order valence-corrected chi connectivity index (χ1v) is 14.9. The van der Waals surface area contributed by atoms with Crippen molar-refractivity contribution in [3.05, 3.63) is 40.5 Å². The summed E-state index contributed by atoms with van der Waals surface area (Å²) in [5.74, 6) is 1.71. The number of alkyl halides is 2. The molecule has 0 fully saturated rings. The molecule has 0 radical (unpaired) electrons. The fourth-order valence-electron chi connectivity index (χ4n) is 3.55. The molecule has 33 heavy (non-hydrogen) atoms. The SMILES string of the molecule is CCN(CCCSCCCOC(C)(C)C(I)CC(C)(C)I)c1cc(=O)oc2cc(F)ccc12. The van der Waals surface area contributed by atoms with Gasteiger partial charge in [0.2, 0.25) is 0 Å². The Labute approximate surface area is 229 Å². The molecule has 0 saturated heterocycles. The molecule has 0 aliphatic rings. The summed E-state index contributed by atoms with van der Waals surface area (Å²) < 4.78 is 25.7. The van der Waals surface area contributed by atoms with E-state index in [0.717, 1.165) is 61.5 Å². The largest absolute Gasteiger partial charge is 0.422 e. The summed E-state index contributed by atoms with van der Waals surface area (Å²) in [5.41, 5.74) is 0.537. The van der Waals surface area contributed by atoms with Gasteiger partial charge in [-0.3, -0.25) is 0 Å². The molecule has 0 aliphatic heterocycles. The maximum atomic E-state index is 13.5. The van der Waals surface area contributed by atoms with Gasteiger partial charge < -0.3 is 14.1 Å². The maximum absolute atomic E-state index is 13.5. The van der Waals surface area contributed by atoms with E-state index in [1.54, 1.807) is 6.07 Å². The fourth-order valence-corrected chi connectivity index (χ4v) is 6.97. The van der Waals surface area contributed by atoms with E-state index in [1.807, 2.05) is 11.8 Å². The van der Waals surface area contributed by atoms with Gasteiger partial charge in [0.15, 0.2) is 0 Å². The molecule has 1 heterocycles. The number of ether oxygens (including phenoxy) is 1. The molecule has 0 bridgehead atoms. The minimum Gasteiger partial charge on any atom is -0.422 e. The highest BCUT2D eigenvalue weighted by molar-refractivity contribution is 14.1. The summed E-state index contributed by atoms with van der Waals surface area (Å²) in [6.45, 7) is 13.4. The van der Waals surface area contributed by atoms with Crippen molar-refractivity contribution >= 4 is 73.6 Å². The zero-order valence-electron chi connectivity index (χ0n) is 20.3. The maximum Gasteiger partial charge on any atom is 0.338 e. The van der Waals surface area contributed by atoms with Crippen LogP contribution >= 0.6 is 56.9 Å². The summed E-state index contributed by atoms with van der Waals surface area (Å²) in [6.07, 6.45) is 3.17. The normalized spacial score (nSPS) is 13.5. The van der Waals surface area contributed by atoms with Crippen LogP contribution in [0.3, 0.4) is 0 Å². The molecule has 186 valence electrons. The lowest BCUT2D eigenvalue weighted by molar-refractivity contribution is -0.0166. The molecule has 0 saturated carbocycles. The lowest BCUT2D eigenvalue weighted by Crippen LogP contribution is -2.38. The molecule has 4 nitrogen and oxygen atoms in total. The molecule has 2 aromatic rings. The highest BCUT2D eigenvalue weighted by Gasteiger charge is 2.32. The summed E-state index contributed by atoms with van der Waals surface area (Å²) >= 11 is 6.98. The van der Waals surface area contributed by atoms with Gasteiger partial charge in [-0.05, 0) is 63.7 Å². The predicted molar refractivity (Wildman–Crippen MR) is 157 cm³/mol. The molecule has 1 atom stereocenters. The second kappa shape index (κ2) is 13.3. The van der Waals surface area contributed by atoms with Gasteiger partial charge in [0, 0.05) is 44.6 Å². The molecule has 1 aromatic carbocycles. The lowest BCUT2D eigenvalue weighted by Gasteiger charge is -2.34. The average Bonchev–Trinajstić information content (AvgIpc) is 2.70. The van der Waals surface area contributed by atoms with Gasteiger partial charge in [0.05, 0.1) is 11.3 Å². The smallest absolute Gasteiger partial charge is 0.338 e.